The van der Waals surface area contributed by atoms with Crippen LogP contribution in [0, 0.1) is 10.1 Å². The van der Waals surface area contributed by atoms with Crippen LogP contribution in [0.1, 0.15) is 31.2 Å². The van der Waals surface area contributed by atoms with E-state index in [1.165, 1.54) is 24.1 Å². The Balaban J connectivity index is 1.86. The van der Waals surface area contributed by atoms with Gasteiger partial charge in [0.1, 0.15) is 5.75 Å². The maximum Gasteiger partial charge on any atom is 0.407 e. The number of carbonyl (C=O) groups is 1. The number of methoxy groups -OCH3 is 1. The molecule has 0 aliphatic carbocycles. The Labute approximate surface area is 146 Å². The van der Waals surface area contributed by atoms with Gasteiger partial charge in [0.25, 0.3) is 5.69 Å². The van der Waals surface area contributed by atoms with E-state index in [1.54, 1.807) is 6.07 Å². The maximum atomic E-state index is 11.9. The van der Waals surface area contributed by atoms with Crippen LogP contribution in [0.25, 0.3) is 0 Å². The van der Waals surface area contributed by atoms with Crippen LogP contribution in [-0.4, -0.2) is 58.2 Å². The average molecular weight is 349 g/mol. The molecular formula is C17H23N3O5. The third kappa shape index (κ3) is 3.39. The van der Waals surface area contributed by atoms with E-state index in [-0.39, 0.29) is 18.3 Å². The highest BCUT2D eigenvalue weighted by atomic mass is 16.6. The van der Waals surface area contributed by atoms with Crippen LogP contribution in [0.2, 0.25) is 0 Å². The number of hydrogen-bond donors (Lipinski definition) is 1. The van der Waals surface area contributed by atoms with E-state index in [2.05, 4.69) is 11.9 Å². The number of rotatable bonds is 5. The average Bonchev–Trinajstić information content (AvgIpc) is 2.80. The smallest absolute Gasteiger partial charge is 0.407 e. The summed E-state index contributed by atoms with van der Waals surface area (Å²) < 4.78 is 5.14. The highest BCUT2D eigenvalue weighted by molar-refractivity contribution is 5.66. The number of amides is 1. The molecule has 2 aliphatic heterocycles. The number of fused-ring (bicyclic) bond motifs is 2. The minimum atomic E-state index is -1.04. The van der Waals surface area contributed by atoms with E-state index in [4.69, 9.17) is 4.74 Å². The fourth-order valence-electron chi connectivity index (χ4n) is 4.17. The van der Waals surface area contributed by atoms with Crippen molar-refractivity contribution in [1.29, 1.82) is 0 Å². The Morgan fingerprint density at radius 2 is 2.04 bits per heavy atom. The van der Waals surface area contributed by atoms with E-state index in [9.17, 15) is 20.0 Å². The van der Waals surface area contributed by atoms with Gasteiger partial charge in [-0.25, -0.2) is 4.79 Å². The van der Waals surface area contributed by atoms with Gasteiger partial charge >= 0.3 is 6.09 Å². The molecular weight excluding hydrogens is 326 g/mol. The van der Waals surface area contributed by atoms with Crippen LogP contribution in [0.4, 0.5) is 10.5 Å². The summed E-state index contributed by atoms with van der Waals surface area (Å²) in [5.41, 5.74) is 0.279. The standard InChI is InChI=1S/C17H23N3O5/c1-18-12-3-4-13(18)9-14(8-12)19(17(21)22)10-11-7-15(25-2)5-6-16(11)20(23)24/h5-7,12-14H,3-4,8-10H2,1-2H3,(H,21,22)/t12-,13+,14?. The maximum absolute atomic E-state index is 11.9. The summed E-state index contributed by atoms with van der Waals surface area (Å²) in [6, 6.07) is 5.11. The van der Waals surface area contributed by atoms with Gasteiger partial charge < -0.3 is 19.6 Å². The molecule has 3 atom stereocenters. The normalized spacial score (nSPS) is 25.6. The van der Waals surface area contributed by atoms with Gasteiger partial charge in [-0.15, -0.1) is 0 Å². The molecule has 1 unspecified atom stereocenters. The number of piperidine rings is 1. The molecule has 1 amide bonds. The van der Waals surface area contributed by atoms with Gasteiger partial charge in [0.05, 0.1) is 24.1 Å². The van der Waals surface area contributed by atoms with E-state index >= 15 is 0 Å². The fourth-order valence-corrected chi connectivity index (χ4v) is 4.17. The highest BCUT2D eigenvalue weighted by Crippen LogP contribution is 2.37. The first kappa shape index (κ1) is 17.5. The Morgan fingerprint density at radius 3 is 2.56 bits per heavy atom. The monoisotopic (exact) mass is 349 g/mol. The first-order chi connectivity index (χ1) is 11.9. The van der Waals surface area contributed by atoms with Crippen molar-refractivity contribution in [1.82, 2.24) is 9.80 Å². The molecule has 0 aromatic heterocycles. The van der Waals surface area contributed by atoms with Crippen molar-refractivity contribution >= 4 is 11.8 Å². The third-order valence-corrected chi connectivity index (χ3v) is 5.58. The van der Waals surface area contributed by atoms with Gasteiger partial charge in [-0.05, 0) is 44.9 Å². The van der Waals surface area contributed by atoms with Crippen LogP contribution in [-0.2, 0) is 6.54 Å². The van der Waals surface area contributed by atoms with Crippen molar-refractivity contribution in [3.05, 3.63) is 33.9 Å². The molecule has 1 aromatic carbocycles. The second-order valence-corrected chi connectivity index (χ2v) is 6.84. The predicted octanol–water partition coefficient (Wildman–Crippen LogP) is 2.71. The van der Waals surface area contributed by atoms with Gasteiger partial charge in [-0.3, -0.25) is 10.1 Å². The molecule has 8 nitrogen and oxygen atoms in total. The van der Waals surface area contributed by atoms with Gasteiger partial charge in [0, 0.05) is 24.2 Å². The van der Waals surface area contributed by atoms with Crippen LogP contribution in [0.3, 0.4) is 0 Å². The summed E-state index contributed by atoms with van der Waals surface area (Å²) in [5, 5.41) is 21.0. The van der Waals surface area contributed by atoms with Crippen molar-refractivity contribution in [3.63, 3.8) is 0 Å². The molecule has 1 N–H and O–H groups in total. The second kappa shape index (κ2) is 6.87. The second-order valence-electron chi connectivity index (χ2n) is 6.84. The summed E-state index contributed by atoms with van der Waals surface area (Å²) in [5.74, 6) is 0.481. The van der Waals surface area contributed by atoms with Crippen LogP contribution >= 0.6 is 0 Å². The molecule has 0 radical (unpaired) electrons. The van der Waals surface area contributed by atoms with Crippen molar-refractivity contribution in [2.75, 3.05) is 14.2 Å². The Hall–Kier alpha value is -2.35. The summed E-state index contributed by atoms with van der Waals surface area (Å²) in [7, 11) is 3.57. The van der Waals surface area contributed by atoms with Crippen molar-refractivity contribution in [2.24, 2.45) is 0 Å². The summed E-state index contributed by atoms with van der Waals surface area (Å²) >= 11 is 0. The predicted molar refractivity (Wildman–Crippen MR) is 90.8 cm³/mol. The van der Waals surface area contributed by atoms with Gasteiger partial charge in [0.15, 0.2) is 0 Å². The van der Waals surface area contributed by atoms with E-state index in [0.717, 1.165) is 25.7 Å². The van der Waals surface area contributed by atoms with Crippen LogP contribution in [0.15, 0.2) is 18.2 Å². The zero-order valence-corrected chi connectivity index (χ0v) is 14.4. The van der Waals surface area contributed by atoms with E-state index in [0.29, 0.717) is 23.4 Å². The van der Waals surface area contributed by atoms with Crippen molar-refractivity contribution < 1.29 is 19.6 Å². The lowest BCUT2D eigenvalue weighted by Gasteiger charge is -2.40. The SMILES string of the molecule is COc1ccc([N+](=O)[O-])c(CN(C(=O)O)C2C[C@H]3CC[C@@H](C2)N3C)c1. The van der Waals surface area contributed by atoms with Crippen LogP contribution < -0.4 is 4.74 Å². The Kier molecular flexibility index (Phi) is 4.80. The summed E-state index contributed by atoms with van der Waals surface area (Å²) in [6.45, 7) is -0.00331. The number of carboxylic acid groups (broad SMARTS) is 1. The molecule has 0 spiro atoms. The Morgan fingerprint density at radius 1 is 1.40 bits per heavy atom. The zero-order valence-electron chi connectivity index (χ0n) is 14.4. The van der Waals surface area contributed by atoms with Gasteiger partial charge in [0.2, 0.25) is 0 Å². The molecule has 8 heteroatoms. The first-order valence-corrected chi connectivity index (χ1v) is 8.43. The van der Waals surface area contributed by atoms with E-state index < -0.39 is 11.0 Å². The topological polar surface area (TPSA) is 96.2 Å². The van der Waals surface area contributed by atoms with E-state index in [1.807, 2.05) is 0 Å². The summed E-state index contributed by atoms with van der Waals surface area (Å²) in [4.78, 5) is 26.4. The quantitative estimate of drug-likeness (QED) is 0.648. The lowest BCUT2D eigenvalue weighted by molar-refractivity contribution is -0.385. The number of nitro groups is 1. The number of hydrogen-bond acceptors (Lipinski definition) is 5. The molecule has 0 saturated carbocycles. The lowest BCUT2D eigenvalue weighted by atomic mass is 9.96. The number of nitro benzene ring substituents is 1. The molecule has 2 aliphatic rings. The molecule has 2 fully saturated rings. The lowest BCUT2D eigenvalue weighted by Crippen LogP contribution is -2.50. The molecule has 2 bridgehead atoms. The number of nitrogens with zero attached hydrogens (tertiary/aromatic N) is 3. The molecule has 2 heterocycles. The minimum Gasteiger partial charge on any atom is -0.497 e. The largest absolute Gasteiger partial charge is 0.497 e. The fraction of sp³-hybridized carbons (Fsp3) is 0.588. The zero-order chi connectivity index (χ0) is 18.1. The van der Waals surface area contributed by atoms with Crippen LogP contribution in [0.5, 0.6) is 5.75 Å². The Bertz CT molecular complexity index is 666. The molecule has 3 rings (SSSR count). The molecule has 1 aromatic rings. The molecule has 136 valence electrons. The molecule has 2 saturated heterocycles. The van der Waals surface area contributed by atoms with Crippen molar-refractivity contribution in [2.45, 2.75) is 50.4 Å². The van der Waals surface area contributed by atoms with Gasteiger partial charge in [-0.1, -0.05) is 0 Å². The molecule has 25 heavy (non-hydrogen) atoms. The number of benzene rings is 1. The minimum absolute atomic E-state index is 0.00331. The first-order valence-electron chi connectivity index (χ1n) is 8.43. The number of ether oxygens (including phenoxy) is 1. The highest BCUT2D eigenvalue weighted by Gasteiger charge is 2.41. The summed E-state index contributed by atoms with van der Waals surface area (Å²) in [6.07, 6.45) is 2.69. The van der Waals surface area contributed by atoms with Gasteiger partial charge in [-0.2, -0.15) is 0 Å². The third-order valence-electron chi connectivity index (χ3n) is 5.58. The van der Waals surface area contributed by atoms with Crippen molar-refractivity contribution in [3.8, 4) is 5.75 Å².